The highest BCUT2D eigenvalue weighted by Gasteiger charge is 2.86. The molecule has 2 aromatic carbocycles. The third-order valence-electron chi connectivity index (χ3n) is 20.0. The van der Waals surface area contributed by atoms with Gasteiger partial charge in [0.1, 0.15) is 29.7 Å². The van der Waals surface area contributed by atoms with E-state index in [0.29, 0.717) is 34.5 Å². The molecule has 12 atom stereocenters. The standard InChI is InChI=1S/C56H76NO6/c1-37(2)15-14-16-38(3)44-23-24-45-43-22-21-41-35-42(27-30-53(41,4)46(43)28-31-54(44,45)5)61-50(58)25-26-51(59)63-56(39-17-8-6-9-18-39,40-19-10-7-11-20-40)52(60)62-49-36-48-55(49)32-29-47(55)57(48)33-12-13-34-57/h6-11,17-21,37-38,42-49H,12-16,22-36H2,1-5H3/q+1/t38-,42+,43?,44-,45+,46+,47?,48?,49?,53+,54-,55?/m1/s1. The van der Waals surface area contributed by atoms with Gasteiger partial charge in [0, 0.05) is 43.2 Å². The Balaban J connectivity index is 0.780. The zero-order valence-corrected chi connectivity index (χ0v) is 39.2. The number of hydrogen-bond acceptors (Lipinski definition) is 6. The van der Waals surface area contributed by atoms with E-state index >= 15 is 0 Å². The molecular weight excluding hydrogens is 783 g/mol. The smallest absolute Gasteiger partial charge is 0.360 e. The van der Waals surface area contributed by atoms with E-state index < -0.39 is 17.5 Å². The third kappa shape index (κ3) is 6.83. The van der Waals surface area contributed by atoms with Crippen LogP contribution in [0.2, 0.25) is 0 Å². The van der Waals surface area contributed by atoms with Crippen molar-refractivity contribution in [2.45, 2.75) is 180 Å². The molecule has 340 valence electrons. The fourth-order valence-corrected chi connectivity index (χ4v) is 16.9. The van der Waals surface area contributed by atoms with Crippen molar-refractivity contribution in [3.8, 4) is 0 Å². The van der Waals surface area contributed by atoms with Crippen molar-refractivity contribution in [2.24, 2.45) is 51.8 Å². The lowest BCUT2D eigenvalue weighted by atomic mass is 9.39. The fourth-order valence-electron chi connectivity index (χ4n) is 16.9. The molecule has 0 aromatic heterocycles. The number of ether oxygens (including phenoxy) is 3. The van der Waals surface area contributed by atoms with E-state index in [2.05, 4.69) is 40.7 Å². The molecule has 0 N–H and O–H groups in total. The number of fused-ring (bicyclic) bond motifs is 7. The first-order valence-electron chi connectivity index (χ1n) is 25.6. The third-order valence-corrected chi connectivity index (χ3v) is 20.0. The molecule has 10 rings (SSSR count). The molecule has 5 unspecified atom stereocenters. The molecule has 2 aromatic rings. The Morgan fingerprint density at radius 2 is 1.46 bits per heavy atom. The number of carbonyl (C=O) groups excluding carboxylic acids is 3. The van der Waals surface area contributed by atoms with Crippen LogP contribution in [0.1, 0.15) is 161 Å². The predicted octanol–water partition coefficient (Wildman–Crippen LogP) is 11.7. The summed E-state index contributed by atoms with van der Waals surface area (Å²) in [5, 5.41) is 0. The van der Waals surface area contributed by atoms with Gasteiger partial charge in [-0.25, -0.2) is 4.79 Å². The van der Waals surface area contributed by atoms with Crippen molar-refractivity contribution in [2.75, 3.05) is 13.1 Å². The second-order valence-electron chi connectivity index (χ2n) is 23.1. The van der Waals surface area contributed by atoms with E-state index in [0.717, 1.165) is 68.1 Å². The van der Waals surface area contributed by atoms with Crippen LogP contribution in [-0.4, -0.2) is 59.8 Å². The number of rotatable bonds is 14. The van der Waals surface area contributed by atoms with E-state index in [9.17, 15) is 14.4 Å². The minimum Gasteiger partial charge on any atom is -0.462 e. The van der Waals surface area contributed by atoms with E-state index in [1.54, 1.807) is 0 Å². The first kappa shape index (κ1) is 43.4. The summed E-state index contributed by atoms with van der Waals surface area (Å²) in [5.74, 6) is 3.19. The van der Waals surface area contributed by atoms with Gasteiger partial charge in [-0.05, 0) is 97.7 Å². The summed E-state index contributed by atoms with van der Waals surface area (Å²) in [6.45, 7) is 15.0. The summed E-state index contributed by atoms with van der Waals surface area (Å²) >= 11 is 0. The van der Waals surface area contributed by atoms with E-state index in [4.69, 9.17) is 14.2 Å². The maximum atomic E-state index is 14.9. The SMILES string of the molecule is CC(C)CCC[C@@H](C)[C@H]1CC[C@H]2C3CC=C4C[C@@H](OC(=O)CCC(=O)OC(C(=O)OC5CC6C57CCC7[N+]65CCCC5)(c5ccccc5)c5ccccc5)CC[C@]4(C)[C@H]3CC[C@]12C. The number of quaternary nitrogens is 1. The molecule has 6 aliphatic carbocycles. The number of nitrogens with zero attached hydrogens (tertiary/aromatic N) is 1. The lowest BCUT2D eigenvalue weighted by Crippen LogP contribution is -2.94. The van der Waals surface area contributed by atoms with Crippen molar-refractivity contribution in [3.63, 3.8) is 0 Å². The first-order chi connectivity index (χ1) is 30.3. The van der Waals surface area contributed by atoms with E-state index in [1.807, 2.05) is 60.7 Å². The highest BCUT2D eigenvalue weighted by molar-refractivity contribution is 5.89. The molecule has 2 aliphatic heterocycles. The van der Waals surface area contributed by atoms with Crippen LogP contribution in [-0.2, 0) is 34.2 Å². The summed E-state index contributed by atoms with van der Waals surface area (Å²) < 4.78 is 20.4. The lowest BCUT2D eigenvalue weighted by Gasteiger charge is -2.80. The summed E-state index contributed by atoms with van der Waals surface area (Å²) in [7, 11) is 0. The largest absolute Gasteiger partial charge is 0.462 e. The van der Waals surface area contributed by atoms with E-state index in [1.165, 1.54) is 87.4 Å². The Bertz CT molecular complexity index is 2010. The van der Waals surface area contributed by atoms with Gasteiger partial charge in [0.2, 0.25) is 0 Å². The van der Waals surface area contributed by atoms with Gasteiger partial charge in [-0.3, -0.25) is 9.59 Å². The summed E-state index contributed by atoms with van der Waals surface area (Å²) in [6, 6.07) is 19.8. The minimum absolute atomic E-state index is 0.0709. The number of carbonyl (C=O) groups is 3. The number of esters is 3. The summed E-state index contributed by atoms with van der Waals surface area (Å²) in [5.41, 5.74) is 1.48. The predicted molar refractivity (Wildman–Crippen MR) is 245 cm³/mol. The molecule has 7 fully saturated rings. The van der Waals surface area contributed by atoms with Crippen LogP contribution >= 0.6 is 0 Å². The molecule has 7 heteroatoms. The molecule has 0 radical (unpaired) electrons. The highest BCUT2D eigenvalue weighted by atomic mass is 16.6. The second-order valence-corrected chi connectivity index (χ2v) is 23.1. The normalized spacial score (nSPS) is 37.3. The van der Waals surface area contributed by atoms with Gasteiger partial charge in [-0.15, -0.1) is 0 Å². The van der Waals surface area contributed by atoms with Crippen molar-refractivity contribution in [3.05, 3.63) is 83.4 Å². The Kier molecular flexibility index (Phi) is 11.3. The molecule has 8 aliphatic rings. The number of hydrogen-bond donors (Lipinski definition) is 0. The topological polar surface area (TPSA) is 78.9 Å². The average Bonchev–Trinajstić information content (AvgIpc) is 3.88. The van der Waals surface area contributed by atoms with Crippen molar-refractivity contribution in [1.82, 2.24) is 0 Å². The molecule has 2 heterocycles. The molecule has 2 saturated heterocycles. The first-order valence-corrected chi connectivity index (χ1v) is 25.6. The molecule has 2 spiro atoms. The van der Waals surface area contributed by atoms with Crippen molar-refractivity contribution < 1.29 is 33.1 Å². The Labute approximate surface area is 378 Å². The molecule has 0 amide bonds. The van der Waals surface area contributed by atoms with Gasteiger partial charge in [0.25, 0.3) is 5.60 Å². The number of allylic oxidation sites excluding steroid dienone is 1. The Hall–Kier alpha value is -3.45. The summed E-state index contributed by atoms with van der Waals surface area (Å²) in [6.07, 6.45) is 21.1. The van der Waals surface area contributed by atoms with Crippen LogP contribution in [0.4, 0.5) is 0 Å². The summed E-state index contributed by atoms with van der Waals surface area (Å²) in [4.78, 5) is 42.5. The van der Waals surface area contributed by atoms with Crippen molar-refractivity contribution >= 4 is 17.9 Å². The maximum Gasteiger partial charge on any atom is 0.360 e. The van der Waals surface area contributed by atoms with E-state index in [-0.39, 0.29) is 41.8 Å². The zero-order valence-electron chi connectivity index (χ0n) is 39.2. The molecular formula is C56H76NO6+. The molecule has 0 bridgehead atoms. The Morgan fingerprint density at radius 3 is 2.11 bits per heavy atom. The van der Waals surface area contributed by atoms with Gasteiger partial charge < -0.3 is 18.7 Å². The number of piperidine rings is 2. The quantitative estimate of drug-likeness (QED) is 0.0815. The van der Waals surface area contributed by atoms with Crippen LogP contribution < -0.4 is 0 Å². The monoisotopic (exact) mass is 859 g/mol. The maximum absolute atomic E-state index is 14.9. The van der Waals surface area contributed by atoms with Gasteiger partial charge in [0.15, 0.2) is 0 Å². The van der Waals surface area contributed by atoms with Gasteiger partial charge in [-0.1, -0.05) is 126 Å². The van der Waals surface area contributed by atoms with Gasteiger partial charge in [-0.2, -0.15) is 0 Å². The zero-order chi connectivity index (χ0) is 43.8. The minimum atomic E-state index is -1.80. The average molecular weight is 859 g/mol. The highest BCUT2D eigenvalue weighted by Crippen LogP contribution is 2.74. The molecule has 5 saturated carbocycles. The van der Waals surface area contributed by atoms with Crippen LogP contribution in [0, 0.1) is 51.8 Å². The molecule has 7 nitrogen and oxygen atoms in total. The lowest BCUT2D eigenvalue weighted by molar-refractivity contribution is -1.05. The fraction of sp³-hybridized carbons (Fsp3) is 0.696. The Morgan fingerprint density at radius 1 is 0.762 bits per heavy atom. The van der Waals surface area contributed by atoms with Crippen LogP contribution in [0.3, 0.4) is 0 Å². The second kappa shape index (κ2) is 16.5. The van der Waals surface area contributed by atoms with Crippen LogP contribution in [0.15, 0.2) is 72.3 Å². The van der Waals surface area contributed by atoms with Gasteiger partial charge in [0.05, 0.1) is 25.9 Å². The van der Waals surface area contributed by atoms with Crippen LogP contribution in [0.5, 0.6) is 0 Å². The number of benzene rings is 2. The van der Waals surface area contributed by atoms with Crippen LogP contribution in [0.25, 0.3) is 0 Å². The van der Waals surface area contributed by atoms with Gasteiger partial charge >= 0.3 is 17.9 Å². The molecule has 63 heavy (non-hydrogen) atoms. The van der Waals surface area contributed by atoms with Crippen molar-refractivity contribution in [1.29, 1.82) is 0 Å².